The van der Waals surface area contributed by atoms with Crippen molar-refractivity contribution >= 4 is 47.7 Å². The second kappa shape index (κ2) is 35.9. The largest absolute Gasteiger partial charge is 0.462 e. The molecule has 0 fully saturated rings. The third-order valence-corrected chi connectivity index (χ3v) is 13.2. The third-order valence-electron chi connectivity index (χ3n) is 13.2. The summed E-state index contributed by atoms with van der Waals surface area (Å²) in [6.07, 6.45) is 33.3. The molecule has 11 nitrogen and oxygen atoms in total. The van der Waals surface area contributed by atoms with Crippen molar-refractivity contribution in [2.45, 2.75) is 168 Å². The lowest BCUT2D eigenvalue weighted by Gasteiger charge is -2.10. The average Bonchev–Trinajstić information content (AvgIpc) is 3.45. The summed E-state index contributed by atoms with van der Waals surface area (Å²) in [5.41, 5.74) is 4.01. The van der Waals surface area contributed by atoms with E-state index in [9.17, 15) is 24.4 Å². The SMILES string of the molecule is CCCCCCCCCCCCCCOC(=O)c1ccc(C=Nc2ccc(C(=O)Oc3cccc(OC(=O)c4ccc(N=Cc5ccc(C(=O)OCCCCCCCCCCCCCC)cc5)cc4)c3C#N)cc2)cc1. The Bertz CT molecular complexity index is 2430. The van der Waals surface area contributed by atoms with E-state index in [-0.39, 0.29) is 40.1 Å². The standard InChI is InChI=1S/C65H79N3O8/c1-3-5-7-9-11-13-15-17-19-21-23-25-46-73-62(69)53-34-30-51(31-35-53)49-67-57-42-38-55(39-43-57)64(71)75-60-28-27-29-61(59(60)48-66)76-65(72)56-40-44-58(45-41-56)68-50-52-32-36-54(37-33-52)63(70)74-47-26-24-22-20-18-16-14-12-10-8-6-4-2/h27-45,49-50H,3-26,46-47H2,1-2H3. The summed E-state index contributed by atoms with van der Waals surface area (Å²) in [4.78, 5) is 60.5. The average molecular weight is 1030 g/mol. The van der Waals surface area contributed by atoms with Gasteiger partial charge in [0.1, 0.15) is 11.6 Å². The van der Waals surface area contributed by atoms with Crippen LogP contribution in [-0.4, -0.2) is 49.5 Å². The van der Waals surface area contributed by atoms with Gasteiger partial charge in [0.2, 0.25) is 0 Å². The van der Waals surface area contributed by atoms with Crippen LogP contribution in [0.25, 0.3) is 0 Å². The van der Waals surface area contributed by atoms with Crippen molar-refractivity contribution in [1.82, 2.24) is 0 Å². The zero-order valence-electron chi connectivity index (χ0n) is 45.1. The van der Waals surface area contributed by atoms with Crippen molar-refractivity contribution in [3.05, 3.63) is 154 Å². The summed E-state index contributed by atoms with van der Waals surface area (Å²) in [6, 6.07) is 33.3. The molecule has 0 atom stereocenters. The second-order valence-corrected chi connectivity index (χ2v) is 19.4. The maximum absolute atomic E-state index is 13.2. The quantitative estimate of drug-likeness (QED) is 0.0165. The predicted octanol–water partition coefficient (Wildman–Crippen LogP) is 17.2. The highest BCUT2D eigenvalue weighted by molar-refractivity contribution is 5.94. The molecule has 0 radical (unpaired) electrons. The van der Waals surface area contributed by atoms with Crippen LogP contribution in [0.2, 0.25) is 0 Å². The Kier molecular flexibility index (Phi) is 28.2. The highest BCUT2D eigenvalue weighted by Crippen LogP contribution is 2.30. The van der Waals surface area contributed by atoms with Gasteiger partial charge in [-0.1, -0.05) is 185 Å². The molecule has 0 heterocycles. The number of nitriles is 1. The van der Waals surface area contributed by atoms with E-state index >= 15 is 0 Å². The van der Waals surface area contributed by atoms with Gasteiger partial charge < -0.3 is 18.9 Å². The lowest BCUT2D eigenvalue weighted by Crippen LogP contribution is -2.12. The summed E-state index contributed by atoms with van der Waals surface area (Å²) >= 11 is 0. The van der Waals surface area contributed by atoms with Crippen LogP contribution < -0.4 is 9.47 Å². The summed E-state index contributed by atoms with van der Waals surface area (Å²) in [5, 5.41) is 10.0. The lowest BCUT2D eigenvalue weighted by atomic mass is 10.1. The molecule has 0 bridgehead atoms. The Balaban J connectivity index is 0.991. The Morgan fingerprint density at radius 1 is 0.395 bits per heavy atom. The molecule has 5 aromatic rings. The van der Waals surface area contributed by atoms with Crippen LogP contribution in [0.15, 0.2) is 125 Å². The van der Waals surface area contributed by atoms with E-state index < -0.39 is 11.9 Å². The Hall–Kier alpha value is -7.19. The van der Waals surface area contributed by atoms with Crippen LogP contribution in [0, 0.1) is 11.3 Å². The van der Waals surface area contributed by atoms with Gasteiger partial charge in [-0.2, -0.15) is 5.26 Å². The van der Waals surface area contributed by atoms with Gasteiger partial charge in [-0.3, -0.25) is 9.98 Å². The lowest BCUT2D eigenvalue weighted by molar-refractivity contribution is 0.0488. The fourth-order valence-electron chi connectivity index (χ4n) is 8.57. The highest BCUT2D eigenvalue weighted by Gasteiger charge is 2.19. The first-order chi connectivity index (χ1) is 37.3. The van der Waals surface area contributed by atoms with E-state index in [1.165, 1.54) is 147 Å². The Morgan fingerprint density at radius 3 is 1.00 bits per heavy atom. The number of esters is 4. The number of unbranched alkanes of at least 4 members (excludes halogenated alkanes) is 22. The van der Waals surface area contributed by atoms with E-state index in [0.717, 1.165) is 36.8 Å². The van der Waals surface area contributed by atoms with Crippen LogP contribution in [-0.2, 0) is 9.47 Å². The molecule has 0 saturated heterocycles. The minimum atomic E-state index is -0.716. The molecular formula is C65H79N3O8. The fraction of sp³-hybridized carbons (Fsp3) is 0.431. The first kappa shape index (κ1) is 59.7. The molecule has 0 aliphatic heterocycles. The minimum Gasteiger partial charge on any atom is -0.462 e. The monoisotopic (exact) mass is 1030 g/mol. The van der Waals surface area contributed by atoms with E-state index in [0.29, 0.717) is 35.7 Å². The number of benzene rings is 5. The summed E-state index contributed by atoms with van der Waals surface area (Å²) < 4.78 is 22.2. The van der Waals surface area contributed by atoms with Gasteiger partial charge in [0.25, 0.3) is 0 Å². The van der Waals surface area contributed by atoms with Gasteiger partial charge in [-0.15, -0.1) is 0 Å². The number of carbonyl (C=O) groups is 4. The van der Waals surface area contributed by atoms with Gasteiger partial charge in [0.15, 0.2) is 11.5 Å². The van der Waals surface area contributed by atoms with Crippen molar-refractivity contribution in [2.75, 3.05) is 13.2 Å². The van der Waals surface area contributed by atoms with E-state index in [1.807, 2.05) is 6.07 Å². The molecule has 0 unspecified atom stereocenters. The van der Waals surface area contributed by atoms with Crippen LogP contribution in [0.3, 0.4) is 0 Å². The minimum absolute atomic E-state index is 0.0685. The van der Waals surface area contributed by atoms with E-state index in [4.69, 9.17) is 18.9 Å². The number of carbonyl (C=O) groups excluding carboxylic acids is 4. The summed E-state index contributed by atoms with van der Waals surface area (Å²) in [6.45, 7) is 5.33. The van der Waals surface area contributed by atoms with Crippen molar-refractivity contribution in [3.63, 3.8) is 0 Å². The van der Waals surface area contributed by atoms with Gasteiger partial charge in [-0.05, 0) is 109 Å². The van der Waals surface area contributed by atoms with Crippen LogP contribution in [0.5, 0.6) is 11.5 Å². The molecule has 0 N–H and O–H groups in total. The van der Waals surface area contributed by atoms with Gasteiger partial charge in [0, 0.05) is 12.4 Å². The van der Waals surface area contributed by atoms with Crippen molar-refractivity contribution < 1.29 is 38.1 Å². The molecule has 5 aromatic carbocycles. The number of aliphatic imine (C=N–C) groups is 2. The van der Waals surface area contributed by atoms with Crippen molar-refractivity contribution in [1.29, 1.82) is 5.26 Å². The van der Waals surface area contributed by atoms with Crippen LogP contribution in [0.1, 0.15) is 226 Å². The van der Waals surface area contributed by atoms with Crippen LogP contribution >= 0.6 is 0 Å². The molecule has 0 spiro atoms. The zero-order chi connectivity index (χ0) is 53.8. The predicted molar refractivity (Wildman–Crippen MR) is 304 cm³/mol. The smallest absolute Gasteiger partial charge is 0.343 e. The molecule has 0 aliphatic carbocycles. The molecule has 76 heavy (non-hydrogen) atoms. The molecule has 5 rings (SSSR count). The molecule has 0 saturated carbocycles. The Labute approximate surface area is 452 Å². The first-order valence-electron chi connectivity index (χ1n) is 28.1. The Morgan fingerprint density at radius 2 is 0.684 bits per heavy atom. The van der Waals surface area contributed by atoms with Crippen molar-refractivity contribution in [3.8, 4) is 17.6 Å². The molecule has 402 valence electrons. The molecule has 0 amide bonds. The number of nitrogens with zero attached hydrogens (tertiary/aromatic N) is 3. The van der Waals surface area contributed by atoms with Gasteiger partial charge >= 0.3 is 23.9 Å². The van der Waals surface area contributed by atoms with Gasteiger partial charge in [-0.25, -0.2) is 19.2 Å². The number of hydrogen-bond acceptors (Lipinski definition) is 11. The van der Waals surface area contributed by atoms with Gasteiger partial charge in [0.05, 0.1) is 46.8 Å². The van der Waals surface area contributed by atoms with Crippen LogP contribution in [0.4, 0.5) is 11.4 Å². The number of hydrogen-bond donors (Lipinski definition) is 0. The molecule has 0 aliphatic rings. The summed E-state index contributed by atoms with van der Waals surface area (Å²) in [5.74, 6) is -2.25. The molecule has 11 heteroatoms. The summed E-state index contributed by atoms with van der Waals surface area (Å²) in [7, 11) is 0. The highest BCUT2D eigenvalue weighted by atomic mass is 16.6. The first-order valence-corrected chi connectivity index (χ1v) is 28.1. The number of rotatable bonds is 36. The topological polar surface area (TPSA) is 154 Å². The molecule has 0 aromatic heterocycles. The number of ether oxygens (including phenoxy) is 4. The van der Waals surface area contributed by atoms with E-state index in [1.54, 1.807) is 109 Å². The van der Waals surface area contributed by atoms with E-state index in [2.05, 4.69) is 23.8 Å². The fourth-order valence-corrected chi connectivity index (χ4v) is 8.57. The zero-order valence-corrected chi connectivity index (χ0v) is 45.1. The third kappa shape index (κ3) is 22.7. The van der Waals surface area contributed by atoms with Crippen molar-refractivity contribution in [2.24, 2.45) is 9.98 Å². The second-order valence-electron chi connectivity index (χ2n) is 19.4. The maximum Gasteiger partial charge on any atom is 0.343 e. The normalized spacial score (nSPS) is 11.2. The maximum atomic E-state index is 13.2. The molecular weight excluding hydrogens is 951 g/mol.